The van der Waals surface area contributed by atoms with Gasteiger partial charge in [-0.2, -0.15) is 0 Å². The van der Waals surface area contributed by atoms with E-state index in [1.165, 1.54) is 0 Å². The molecule has 0 amide bonds. The zero-order chi connectivity index (χ0) is 3.58. The molecular formula is H8BBaBiO3. The molecule has 0 aromatic carbocycles. The Bertz CT molecular complexity index is 15.5. The first kappa shape index (κ1) is 15.8. The quantitative estimate of drug-likeness (QED) is 0.354. The van der Waals surface area contributed by atoms with Gasteiger partial charge in [-0.1, -0.05) is 0 Å². The summed E-state index contributed by atoms with van der Waals surface area (Å²) >= 11 is 0. The zero-order valence-electron chi connectivity index (χ0n) is 2.63. The van der Waals surface area contributed by atoms with Crippen molar-refractivity contribution in [2.75, 3.05) is 0 Å². The second-order valence-corrected chi connectivity index (χ2v) is 0.346. The van der Waals surface area contributed by atoms with Crippen LogP contribution in [-0.2, 0) is 0 Å². The van der Waals surface area contributed by atoms with Gasteiger partial charge in [0.1, 0.15) is 0 Å². The van der Waals surface area contributed by atoms with E-state index < -0.39 is 7.32 Å². The van der Waals surface area contributed by atoms with Crippen molar-refractivity contribution in [1.82, 2.24) is 0 Å². The summed E-state index contributed by atoms with van der Waals surface area (Å²) in [5.41, 5.74) is 0. The molecule has 0 aromatic rings. The van der Waals surface area contributed by atoms with Crippen molar-refractivity contribution in [3.05, 3.63) is 0 Å². The van der Waals surface area contributed by atoms with E-state index in [9.17, 15) is 0 Å². The molecule has 3 N–H and O–H groups in total. The zero-order valence-corrected chi connectivity index (χ0v) is 8.12. The Labute approximate surface area is 95.5 Å². The Hall–Kier alpha value is 2.40. The Morgan fingerprint density at radius 1 is 1.00 bits per heavy atom. The van der Waals surface area contributed by atoms with Crippen molar-refractivity contribution in [1.29, 1.82) is 0 Å². The molecule has 6 heavy (non-hydrogen) atoms. The van der Waals surface area contributed by atoms with Crippen molar-refractivity contribution in [3.63, 3.8) is 0 Å². The Kier molecular flexibility index (Phi) is 27.3. The van der Waals surface area contributed by atoms with Gasteiger partial charge in [-0.25, -0.2) is 0 Å². The van der Waals surface area contributed by atoms with Crippen LogP contribution < -0.4 is 0 Å². The molecule has 6 heteroatoms. The summed E-state index contributed by atoms with van der Waals surface area (Å²) < 4.78 is 0. The van der Waals surface area contributed by atoms with Gasteiger partial charge < -0.3 is 15.1 Å². The van der Waals surface area contributed by atoms with Crippen molar-refractivity contribution < 1.29 is 15.1 Å². The normalized spacial score (nSPS) is 4.50. The van der Waals surface area contributed by atoms with Crippen LogP contribution in [0.15, 0.2) is 0 Å². The molecule has 0 unspecified atom stereocenters. The predicted octanol–water partition coefficient (Wildman–Crippen LogP) is -4.15. The number of hydrogen-bond acceptors (Lipinski definition) is 3. The Balaban J connectivity index is -0.0000000450. The second-order valence-electron chi connectivity index (χ2n) is 0.346. The topological polar surface area (TPSA) is 60.7 Å². The maximum absolute atomic E-state index is 7.17. The molecular weight excluding hydrogens is 405 g/mol. The van der Waals surface area contributed by atoms with Crippen LogP contribution in [0.2, 0.25) is 0 Å². The van der Waals surface area contributed by atoms with Gasteiger partial charge in [0.05, 0.1) is 0 Å². The molecule has 0 aliphatic rings. The van der Waals surface area contributed by atoms with Crippen molar-refractivity contribution >= 4 is 82.4 Å². The van der Waals surface area contributed by atoms with Crippen LogP contribution >= 0.6 is 0 Å². The van der Waals surface area contributed by atoms with Crippen LogP contribution in [0.25, 0.3) is 0 Å². The SMILES string of the molecule is OB(O)O.[BaH2].[BiH3]. The van der Waals surface area contributed by atoms with E-state index in [0.717, 1.165) is 0 Å². The van der Waals surface area contributed by atoms with Gasteiger partial charge in [0.2, 0.25) is 0 Å². The maximum atomic E-state index is 7.17. The van der Waals surface area contributed by atoms with Gasteiger partial charge in [0.15, 0.2) is 0 Å². The Morgan fingerprint density at radius 2 is 1.00 bits per heavy atom. The molecule has 36 valence electrons. The van der Waals surface area contributed by atoms with Gasteiger partial charge in [-0.3, -0.25) is 0 Å². The summed E-state index contributed by atoms with van der Waals surface area (Å²) in [5.74, 6) is 0. The van der Waals surface area contributed by atoms with Crippen LogP contribution in [0.3, 0.4) is 0 Å². The summed E-state index contributed by atoms with van der Waals surface area (Å²) in [6.45, 7) is 0. The molecule has 0 aromatic heterocycles. The van der Waals surface area contributed by atoms with E-state index in [4.69, 9.17) is 15.1 Å². The summed E-state index contributed by atoms with van der Waals surface area (Å²) in [6, 6.07) is 0. The first-order chi connectivity index (χ1) is 1.73. The first-order valence-corrected chi connectivity index (χ1v) is 0.775. The fraction of sp³-hybridized carbons (Fsp3) is 0. The van der Waals surface area contributed by atoms with E-state index in [1.807, 2.05) is 0 Å². The summed E-state index contributed by atoms with van der Waals surface area (Å²) in [4.78, 5) is 0. The number of hydrogen-bond donors (Lipinski definition) is 3. The van der Waals surface area contributed by atoms with Crippen molar-refractivity contribution in [2.24, 2.45) is 0 Å². The van der Waals surface area contributed by atoms with Gasteiger partial charge >= 0.3 is 82.4 Å². The second kappa shape index (κ2) is 10.4. The van der Waals surface area contributed by atoms with Crippen molar-refractivity contribution in [3.8, 4) is 0 Å². The molecule has 3 nitrogen and oxygen atoms in total. The average Bonchev–Trinajstić information content (AvgIpc) is 0.811. The van der Waals surface area contributed by atoms with E-state index in [0.29, 0.717) is 0 Å². The predicted molar refractivity (Wildman–Crippen MR) is 30.9 cm³/mol. The van der Waals surface area contributed by atoms with E-state index in [-0.39, 0.29) is 75.1 Å². The molecule has 0 atom stereocenters. The van der Waals surface area contributed by atoms with Gasteiger partial charge in [-0.15, -0.1) is 0 Å². The third kappa shape index (κ3) is 32.4. The van der Waals surface area contributed by atoms with Gasteiger partial charge in [0.25, 0.3) is 0 Å². The van der Waals surface area contributed by atoms with Gasteiger partial charge in [-0.05, 0) is 0 Å². The van der Waals surface area contributed by atoms with Crippen LogP contribution in [0, 0.1) is 0 Å². The molecule has 0 saturated carbocycles. The monoisotopic (exact) mass is 414 g/mol. The molecule has 0 heterocycles. The minimum absolute atomic E-state index is 0. The van der Waals surface area contributed by atoms with E-state index >= 15 is 0 Å². The molecule has 0 spiro atoms. The summed E-state index contributed by atoms with van der Waals surface area (Å²) in [6.07, 6.45) is 0. The van der Waals surface area contributed by atoms with Crippen LogP contribution in [0.5, 0.6) is 0 Å². The van der Waals surface area contributed by atoms with E-state index in [2.05, 4.69) is 0 Å². The summed E-state index contributed by atoms with van der Waals surface area (Å²) in [7, 11) is -2.17. The van der Waals surface area contributed by atoms with Crippen LogP contribution in [-0.4, -0.2) is 97.5 Å². The third-order valence-electron chi connectivity index (χ3n) is 0. The van der Waals surface area contributed by atoms with E-state index in [1.54, 1.807) is 0 Å². The molecule has 0 aliphatic heterocycles. The molecule has 0 rings (SSSR count). The van der Waals surface area contributed by atoms with Crippen LogP contribution in [0.4, 0.5) is 0 Å². The summed E-state index contributed by atoms with van der Waals surface area (Å²) in [5, 5.41) is 21.5. The number of rotatable bonds is 0. The molecule has 0 bridgehead atoms. The first-order valence-electron chi connectivity index (χ1n) is 0.775. The van der Waals surface area contributed by atoms with Crippen molar-refractivity contribution in [2.45, 2.75) is 0 Å². The van der Waals surface area contributed by atoms with Gasteiger partial charge in [0, 0.05) is 0 Å². The Morgan fingerprint density at radius 3 is 1.00 bits per heavy atom. The molecule has 0 radical (unpaired) electrons. The fourth-order valence-electron chi connectivity index (χ4n) is 0. The molecule has 0 saturated heterocycles. The van der Waals surface area contributed by atoms with Crippen LogP contribution in [0.1, 0.15) is 0 Å². The minimum atomic E-state index is -2.17. The molecule has 0 fully saturated rings. The molecule has 0 aliphatic carbocycles. The fourth-order valence-corrected chi connectivity index (χ4v) is 0. The third-order valence-corrected chi connectivity index (χ3v) is 0. The average molecular weight is 413 g/mol. The standard InChI is InChI=1S/BH3O3.Ba.Bi.5H/c2-1(3)4;;;;;;;/h2-4H;;;;;;;.